The van der Waals surface area contributed by atoms with Crippen LogP contribution in [0.2, 0.25) is 5.15 Å². The van der Waals surface area contributed by atoms with E-state index >= 15 is 0 Å². The average Bonchev–Trinajstić information content (AvgIpc) is 2.33. The molecule has 0 saturated heterocycles. The van der Waals surface area contributed by atoms with E-state index in [1.165, 1.54) is 12.1 Å². The van der Waals surface area contributed by atoms with Gasteiger partial charge in [-0.1, -0.05) is 17.7 Å². The number of ether oxygens (including phenoxy) is 1. The van der Waals surface area contributed by atoms with Gasteiger partial charge in [0.25, 0.3) is 0 Å². The number of methoxy groups -OCH3 is 1. The second kappa shape index (κ2) is 6.98. The van der Waals surface area contributed by atoms with Crippen molar-refractivity contribution >= 4 is 23.4 Å². The monoisotopic (exact) mass is 270 g/mol. The summed E-state index contributed by atoms with van der Waals surface area (Å²) < 4.78 is 5.00. The number of nitrogens with zero attached hydrogens (tertiary/aromatic N) is 2. The minimum atomic E-state index is -1.04. The molecule has 0 aliphatic rings. The third kappa shape index (κ3) is 4.01. The highest BCUT2D eigenvalue weighted by Gasteiger charge is 2.12. The summed E-state index contributed by atoms with van der Waals surface area (Å²) in [6.45, 7) is 5.27. The van der Waals surface area contributed by atoms with Gasteiger partial charge in [-0.3, -0.25) is 0 Å². The van der Waals surface area contributed by atoms with E-state index in [1.807, 2.05) is 4.90 Å². The molecular formula is C12H15ClN2O3. The SMILES string of the molecule is C=CCN(CCOC)c1cc(C(=O)O)cc(Cl)n1. The largest absolute Gasteiger partial charge is 0.478 e. The number of anilines is 1. The van der Waals surface area contributed by atoms with Crippen LogP contribution in [-0.2, 0) is 4.74 Å². The molecule has 0 spiro atoms. The Balaban J connectivity index is 3.02. The number of halogens is 1. The summed E-state index contributed by atoms with van der Waals surface area (Å²) in [5, 5.41) is 9.12. The van der Waals surface area contributed by atoms with Gasteiger partial charge in [0.05, 0.1) is 12.2 Å². The normalized spacial score (nSPS) is 10.1. The van der Waals surface area contributed by atoms with E-state index in [0.29, 0.717) is 25.5 Å². The lowest BCUT2D eigenvalue weighted by Crippen LogP contribution is -2.28. The van der Waals surface area contributed by atoms with Crippen molar-refractivity contribution in [2.75, 3.05) is 31.7 Å². The van der Waals surface area contributed by atoms with E-state index in [-0.39, 0.29) is 10.7 Å². The maximum Gasteiger partial charge on any atom is 0.335 e. The molecule has 0 aliphatic carbocycles. The third-order valence-corrected chi connectivity index (χ3v) is 2.46. The van der Waals surface area contributed by atoms with Crippen LogP contribution >= 0.6 is 11.6 Å². The molecular weight excluding hydrogens is 256 g/mol. The van der Waals surface area contributed by atoms with Gasteiger partial charge < -0.3 is 14.7 Å². The fourth-order valence-corrected chi connectivity index (χ4v) is 1.63. The van der Waals surface area contributed by atoms with Crippen molar-refractivity contribution in [3.05, 3.63) is 35.5 Å². The Hall–Kier alpha value is -1.59. The van der Waals surface area contributed by atoms with E-state index in [9.17, 15) is 4.79 Å². The van der Waals surface area contributed by atoms with Crippen LogP contribution in [0.1, 0.15) is 10.4 Å². The van der Waals surface area contributed by atoms with Crippen molar-refractivity contribution in [3.63, 3.8) is 0 Å². The van der Waals surface area contributed by atoms with Crippen LogP contribution < -0.4 is 4.90 Å². The topological polar surface area (TPSA) is 62.7 Å². The van der Waals surface area contributed by atoms with Crippen molar-refractivity contribution < 1.29 is 14.6 Å². The maximum absolute atomic E-state index is 11.0. The van der Waals surface area contributed by atoms with Crippen LogP contribution in [0.3, 0.4) is 0 Å². The summed E-state index contributed by atoms with van der Waals surface area (Å²) >= 11 is 5.81. The molecule has 18 heavy (non-hydrogen) atoms. The number of rotatable bonds is 7. The summed E-state index contributed by atoms with van der Waals surface area (Å²) in [5.74, 6) is -0.539. The van der Waals surface area contributed by atoms with E-state index < -0.39 is 5.97 Å². The summed E-state index contributed by atoms with van der Waals surface area (Å²) in [5.41, 5.74) is 0.108. The smallest absolute Gasteiger partial charge is 0.335 e. The Bertz CT molecular complexity index is 437. The van der Waals surface area contributed by atoms with Crippen LogP contribution in [0.15, 0.2) is 24.8 Å². The summed E-state index contributed by atoms with van der Waals surface area (Å²) in [4.78, 5) is 16.9. The first-order chi connectivity index (χ1) is 8.58. The molecule has 0 atom stereocenters. The lowest BCUT2D eigenvalue weighted by atomic mass is 10.2. The Labute approximate surface area is 111 Å². The predicted molar refractivity (Wildman–Crippen MR) is 70.5 cm³/mol. The number of carboxylic acids is 1. The number of aromatic nitrogens is 1. The van der Waals surface area contributed by atoms with Crippen LogP contribution in [0.5, 0.6) is 0 Å². The van der Waals surface area contributed by atoms with E-state index in [4.69, 9.17) is 21.4 Å². The number of aromatic carboxylic acids is 1. The molecule has 0 aliphatic heterocycles. The standard InChI is InChI=1S/C12H15ClN2O3/c1-3-4-15(5-6-18-2)11-8-9(12(16)17)7-10(13)14-11/h3,7-8H,1,4-6H2,2H3,(H,16,17). The minimum Gasteiger partial charge on any atom is -0.478 e. The molecule has 6 heteroatoms. The molecule has 1 rings (SSSR count). The van der Waals surface area contributed by atoms with Gasteiger partial charge in [0.1, 0.15) is 11.0 Å². The molecule has 0 bridgehead atoms. The fourth-order valence-electron chi connectivity index (χ4n) is 1.43. The van der Waals surface area contributed by atoms with Crippen LogP contribution in [-0.4, -0.2) is 42.9 Å². The quantitative estimate of drug-likeness (QED) is 0.607. The highest BCUT2D eigenvalue weighted by molar-refractivity contribution is 6.29. The van der Waals surface area contributed by atoms with Crippen molar-refractivity contribution in [1.82, 2.24) is 4.98 Å². The first-order valence-corrected chi connectivity index (χ1v) is 5.72. The fraction of sp³-hybridized carbons (Fsp3) is 0.333. The average molecular weight is 271 g/mol. The van der Waals surface area contributed by atoms with Gasteiger partial charge in [-0.25, -0.2) is 9.78 Å². The van der Waals surface area contributed by atoms with Crippen molar-refractivity contribution in [1.29, 1.82) is 0 Å². The van der Waals surface area contributed by atoms with Crippen LogP contribution in [0, 0.1) is 0 Å². The zero-order chi connectivity index (χ0) is 13.5. The Morgan fingerprint density at radius 3 is 2.94 bits per heavy atom. The Morgan fingerprint density at radius 1 is 1.67 bits per heavy atom. The number of pyridine rings is 1. The molecule has 1 heterocycles. The third-order valence-electron chi connectivity index (χ3n) is 2.27. The second-order valence-electron chi connectivity index (χ2n) is 3.57. The lowest BCUT2D eigenvalue weighted by molar-refractivity contribution is 0.0697. The molecule has 5 nitrogen and oxygen atoms in total. The molecule has 0 amide bonds. The van der Waals surface area contributed by atoms with Gasteiger partial charge >= 0.3 is 5.97 Å². The van der Waals surface area contributed by atoms with Crippen molar-refractivity contribution in [3.8, 4) is 0 Å². The number of carbonyl (C=O) groups is 1. The first-order valence-electron chi connectivity index (χ1n) is 5.34. The molecule has 0 radical (unpaired) electrons. The molecule has 0 fully saturated rings. The number of hydrogen-bond donors (Lipinski definition) is 1. The van der Waals surface area contributed by atoms with Gasteiger partial charge in [0.15, 0.2) is 0 Å². The first kappa shape index (κ1) is 14.5. The molecule has 0 aromatic carbocycles. The molecule has 1 aromatic rings. The summed E-state index contributed by atoms with van der Waals surface area (Å²) in [6.07, 6.45) is 1.71. The predicted octanol–water partition coefficient (Wildman–Crippen LogP) is 2.07. The highest BCUT2D eigenvalue weighted by Crippen LogP contribution is 2.18. The molecule has 1 N–H and O–H groups in total. The molecule has 0 unspecified atom stereocenters. The molecule has 98 valence electrons. The summed E-state index contributed by atoms with van der Waals surface area (Å²) in [7, 11) is 1.60. The Kier molecular flexibility index (Phi) is 5.61. The number of hydrogen-bond acceptors (Lipinski definition) is 4. The Morgan fingerprint density at radius 2 is 2.39 bits per heavy atom. The van der Waals surface area contributed by atoms with Gasteiger partial charge in [-0.2, -0.15) is 0 Å². The van der Waals surface area contributed by atoms with E-state index in [1.54, 1.807) is 13.2 Å². The maximum atomic E-state index is 11.0. The summed E-state index contributed by atoms with van der Waals surface area (Å²) in [6, 6.07) is 2.79. The molecule has 0 saturated carbocycles. The highest BCUT2D eigenvalue weighted by atomic mass is 35.5. The van der Waals surface area contributed by atoms with Crippen LogP contribution in [0.25, 0.3) is 0 Å². The van der Waals surface area contributed by atoms with Gasteiger partial charge in [0.2, 0.25) is 0 Å². The minimum absolute atomic E-state index is 0.108. The van der Waals surface area contributed by atoms with Gasteiger partial charge in [-0.05, 0) is 12.1 Å². The number of carboxylic acid groups (broad SMARTS) is 1. The van der Waals surface area contributed by atoms with Crippen LogP contribution in [0.4, 0.5) is 5.82 Å². The van der Waals surface area contributed by atoms with Gasteiger partial charge in [0, 0.05) is 20.2 Å². The van der Waals surface area contributed by atoms with Crippen molar-refractivity contribution in [2.24, 2.45) is 0 Å². The van der Waals surface area contributed by atoms with E-state index in [2.05, 4.69) is 11.6 Å². The molecule has 1 aromatic heterocycles. The van der Waals surface area contributed by atoms with E-state index in [0.717, 1.165) is 0 Å². The second-order valence-corrected chi connectivity index (χ2v) is 3.96. The van der Waals surface area contributed by atoms with Gasteiger partial charge in [-0.15, -0.1) is 6.58 Å². The van der Waals surface area contributed by atoms with Crippen molar-refractivity contribution in [2.45, 2.75) is 0 Å². The lowest BCUT2D eigenvalue weighted by Gasteiger charge is -2.22. The zero-order valence-corrected chi connectivity index (χ0v) is 10.9. The zero-order valence-electron chi connectivity index (χ0n) is 10.1.